The molecule has 0 saturated carbocycles. The van der Waals surface area contributed by atoms with Crippen LogP contribution >= 0.6 is 0 Å². The van der Waals surface area contributed by atoms with Crippen LogP contribution in [0, 0.1) is 0 Å². The predicted octanol–water partition coefficient (Wildman–Crippen LogP) is 0.00720. The van der Waals surface area contributed by atoms with E-state index >= 15 is 0 Å². The average molecular weight is 256 g/mol. The van der Waals surface area contributed by atoms with Gasteiger partial charge in [-0.1, -0.05) is 12.1 Å². The van der Waals surface area contributed by atoms with Crippen LogP contribution in [0.4, 0.5) is 0 Å². The molecule has 0 saturated heterocycles. The van der Waals surface area contributed by atoms with Crippen LogP contribution in [0.2, 0.25) is 0 Å². The molecule has 0 spiro atoms. The van der Waals surface area contributed by atoms with Gasteiger partial charge in [0, 0.05) is 19.8 Å². The Bertz CT molecular complexity index is 494. The molecule has 1 aromatic rings. The van der Waals surface area contributed by atoms with Gasteiger partial charge in [0.1, 0.15) is 0 Å². The zero-order valence-electron chi connectivity index (χ0n) is 9.88. The van der Waals surface area contributed by atoms with E-state index in [1.54, 1.807) is 19.2 Å². The van der Waals surface area contributed by atoms with Gasteiger partial charge in [-0.25, -0.2) is 8.42 Å². The highest BCUT2D eigenvalue weighted by Gasteiger charge is 2.09. The number of amides is 1. The van der Waals surface area contributed by atoms with Crippen molar-refractivity contribution in [2.45, 2.75) is 11.4 Å². The Morgan fingerprint density at radius 1 is 1.29 bits per heavy atom. The Morgan fingerprint density at radius 2 is 1.82 bits per heavy atom. The first-order valence-electron chi connectivity index (χ1n) is 5.07. The molecule has 1 rings (SSSR count). The summed E-state index contributed by atoms with van der Waals surface area (Å²) < 4.78 is 22.5. The Kier molecular flexibility index (Phi) is 4.25. The largest absolute Gasteiger partial charge is 0.340 e. The van der Waals surface area contributed by atoms with E-state index in [-0.39, 0.29) is 17.3 Å². The van der Waals surface area contributed by atoms with Crippen molar-refractivity contribution in [3.63, 3.8) is 0 Å². The van der Waals surface area contributed by atoms with Crippen LogP contribution in [0.5, 0.6) is 0 Å². The van der Waals surface area contributed by atoms with Gasteiger partial charge in [0.2, 0.25) is 5.91 Å². The lowest BCUT2D eigenvalue weighted by molar-refractivity contribution is -0.128. The smallest absolute Gasteiger partial charge is 0.236 e. The Balaban J connectivity index is 2.79. The van der Waals surface area contributed by atoms with E-state index < -0.39 is 9.84 Å². The van der Waals surface area contributed by atoms with Crippen molar-refractivity contribution in [2.75, 3.05) is 19.8 Å². The number of benzene rings is 1. The van der Waals surface area contributed by atoms with Crippen LogP contribution in [0.1, 0.15) is 5.56 Å². The minimum absolute atomic E-state index is 0.0298. The number of nitrogens with zero attached hydrogens (tertiary/aromatic N) is 1. The van der Waals surface area contributed by atoms with Crippen LogP contribution in [0.15, 0.2) is 29.2 Å². The van der Waals surface area contributed by atoms with Crippen LogP contribution in [-0.2, 0) is 21.2 Å². The van der Waals surface area contributed by atoms with Crippen molar-refractivity contribution in [3.8, 4) is 0 Å². The number of sulfone groups is 1. The first-order chi connectivity index (χ1) is 7.84. The number of likely N-dealkylation sites (N-methyl/N-ethyl adjacent to an activating group) is 1. The van der Waals surface area contributed by atoms with Crippen LogP contribution < -0.4 is 5.73 Å². The first-order valence-corrected chi connectivity index (χ1v) is 6.97. The van der Waals surface area contributed by atoms with Crippen molar-refractivity contribution in [1.82, 2.24) is 4.90 Å². The third-order valence-corrected chi connectivity index (χ3v) is 3.50. The summed E-state index contributed by atoms with van der Waals surface area (Å²) in [6, 6.07) is 6.45. The topological polar surface area (TPSA) is 80.5 Å². The molecule has 1 aromatic carbocycles. The van der Waals surface area contributed by atoms with Gasteiger partial charge < -0.3 is 10.6 Å². The van der Waals surface area contributed by atoms with Gasteiger partial charge in [0.15, 0.2) is 9.84 Å². The second-order valence-corrected chi connectivity index (χ2v) is 5.89. The molecule has 0 radical (unpaired) electrons. The van der Waals surface area contributed by atoms with Crippen molar-refractivity contribution >= 4 is 15.7 Å². The minimum atomic E-state index is -3.17. The van der Waals surface area contributed by atoms with Gasteiger partial charge in [-0.2, -0.15) is 0 Å². The van der Waals surface area contributed by atoms with Gasteiger partial charge >= 0.3 is 0 Å². The van der Waals surface area contributed by atoms with E-state index in [0.29, 0.717) is 6.54 Å². The van der Waals surface area contributed by atoms with E-state index in [2.05, 4.69) is 0 Å². The summed E-state index contributed by atoms with van der Waals surface area (Å²) in [7, 11) is -1.52. The minimum Gasteiger partial charge on any atom is -0.340 e. The average Bonchev–Trinajstić information content (AvgIpc) is 2.27. The van der Waals surface area contributed by atoms with Crippen LogP contribution in [0.3, 0.4) is 0 Å². The zero-order valence-corrected chi connectivity index (χ0v) is 10.7. The van der Waals surface area contributed by atoms with Crippen molar-refractivity contribution < 1.29 is 13.2 Å². The fourth-order valence-corrected chi connectivity index (χ4v) is 1.99. The molecule has 94 valence electrons. The van der Waals surface area contributed by atoms with Gasteiger partial charge in [-0.15, -0.1) is 0 Å². The Morgan fingerprint density at radius 3 is 2.24 bits per heavy atom. The van der Waals surface area contributed by atoms with Crippen molar-refractivity contribution in [3.05, 3.63) is 29.8 Å². The van der Waals surface area contributed by atoms with E-state index in [1.165, 1.54) is 17.0 Å². The first kappa shape index (κ1) is 13.7. The van der Waals surface area contributed by atoms with E-state index in [9.17, 15) is 13.2 Å². The highest BCUT2D eigenvalue weighted by molar-refractivity contribution is 7.90. The Labute approximate surface area is 101 Å². The number of rotatable bonds is 4. The number of hydrogen-bond acceptors (Lipinski definition) is 4. The van der Waals surface area contributed by atoms with Gasteiger partial charge in [0.25, 0.3) is 0 Å². The number of hydrogen-bond donors (Lipinski definition) is 1. The molecule has 0 fully saturated rings. The highest BCUT2D eigenvalue weighted by Crippen LogP contribution is 2.11. The molecule has 6 heteroatoms. The molecule has 0 aliphatic heterocycles. The lowest BCUT2D eigenvalue weighted by atomic mass is 10.2. The molecular weight excluding hydrogens is 240 g/mol. The van der Waals surface area contributed by atoms with Gasteiger partial charge in [-0.3, -0.25) is 4.79 Å². The lowest BCUT2D eigenvalue weighted by Crippen LogP contribution is -2.32. The summed E-state index contributed by atoms with van der Waals surface area (Å²) in [5.74, 6) is -0.155. The lowest BCUT2D eigenvalue weighted by Gasteiger charge is -2.16. The molecule has 2 N–H and O–H groups in total. The third-order valence-electron chi connectivity index (χ3n) is 2.37. The number of nitrogens with two attached hydrogens (primary N) is 1. The molecule has 17 heavy (non-hydrogen) atoms. The fraction of sp³-hybridized carbons (Fsp3) is 0.364. The van der Waals surface area contributed by atoms with Crippen LogP contribution in [0.25, 0.3) is 0 Å². The molecule has 0 aliphatic rings. The number of carbonyl (C=O) groups excluding carboxylic acids is 1. The summed E-state index contributed by atoms with van der Waals surface area (Å²) in [4.78, 5) is 13.0. The summed E-state index contributed by atoms with van der Waals surface area (Å²) >= 11 is 0. The normalized spacial score (nSPS) is 11.2. The molecular formula is C11H16N2O3S. The Hall–Kier alpha value is -1.40. The maximum Gasteiger partial charge on any atom is 0.236 e. The molecule has 0 unspecified atom stereocenters. The third kappa shape index (κ3) is 3.83. The fourth-order valence-electron chi connectivity index (χ4n) is 1.36. The van der Waals surface area contributed by atoms with Crippen molar-refractivity contribution in [2.24, 2.45) is 5.73 Å². The van der Waals surface area contributed by atoms with Crippen LogP contribution in [-0.4, -0.2) is 39.1 Å². The maximum atomic E-state index is 11.2. The van der Waals surface area contributed by atoms with E-state index in [0.717, 1.165) is 11.8 Å². The molecule has 0 heterocycles. The number of carbonyl (C=O) groups is 1. The summed E-state index contributed by atoms with van der Waals surface area (Å²) in [6.07, 6.45) is 1.16. The molecule has 1 amide bonds. The van der Waals surface area contributed by atoms with Crippen molar-refractivity contribution in [1.29, 1.82) is 0 Å². The van der Waals surface area contributed by atoms with Gasteiger partial charge in [0.05, 0.1) is 11.4 Å². The maximum absolute atomic E-state index is 11.2. The molecule has 0 atom stereocenters. The summed E-state index contributed by atoms with van der Waals surface area (Å²) in [6.45, 7) is 0.387. The second-order valence-electron chi connectivity index (χ2n) is 3.87. The quantitative estimate of drug-likeness (QED) is 0.822. The highest BCUT2D eigenvalue weighted by atomic mass is 32.2. The van der Waals surface area contributed by atoms with E-state index in [1.807, 2.05) is 0 Å². The molecule has 0 aromatic heterocycles. The molecule has 5 nitrogen and oxygen atoms in total. The summed E-state index contributed by atoms with van der Waals surface area (Å²) in [5.41, 5.74) is 6.10. The predicted molar refractivity (Wildman–Crippen MR) is 65.1 cm³/mol. The molecule has 0 bridgehead atoms. The van der Waals surface area contributed by atoms with E-state index in [4.69, 9.17) is 5.73 Å². The second kappa shape index (κ2) is 5.29. The standard InChI is InChI=1S/C11H16N2O3S/c1-13(11(14)7-12)8-9-3-5-10(6-4-9)17(2,15)16/h3-6H,7-8,12H2,1-2H3. The zero-order chi connectivity index (χ0) is 13.1. The molecule has 0 aliphatic carbocycles. The SMILES string of the molecule is CN(Cc1ccc(S(C)(=O)=O)cc1)C(=O)CN. The monoisotopic (exact) mass is 256 g/mol. The van der Waals surface area contributed by atoms with Gasteiger partial charge in [-0.05, 0) is 17.7 Å². The summed E-state index contributed by atoms with van der Waals surface area (Å²) in [5, 5.41) is 0.